The van der Waals surface area contributed by atoms with Gasteiger partial charge in [0.05, 0.1) is 18.1 Å². The lowest BCUT2D eigenvalue weighted by atomic mass is 9.99. The third-order valence-electron chi connectivity index (χ3n) is 4.80. The average molecular weight is 385 g/mol. The number of aromatic amines is 1. The van der Waals surface area contributed by atoms with Crippen LogP contribution in [-0.4, -0.2) is 29.9 Å². The molecule has 0 aliphatic carbocycles. The Morgan fingerprint density at radius 2 is 2.03 bits per heavy atom. The van der Waals surface area contributed by atoms with E-state index < -0.39 is 0 Å². The first-order valence-electron chi connectivity index (χ1n) is 9.11. The van der Waals surface area contributed by atoms with E-state index >= 15 is 0 Å². The van der Waals surface area contributed by atoms with Crippen molar-refractivity contribution in [2.45, 2.75) is 13.0 Å². The van der Waals surface area contributed by atoms with Crippen LogP contribution < -0.4 is 5.32 Å². The molecular formula is C21H16FN7. The summed E-state index contributed by atoms with van der Waals surface area (Å²) in [5.74, 6) is 0.284. The van der Waals surface area contributed by atoms with Gasteiger partial charge in [-0.2, -0.15) is 0 Å². The number of rotatable bonds is 4. The summed E-state index contributed by atoms with van der Waals surface area (Å²) >= 11 is 0. The van der Waals surface area contributed by atoms with Gasteiger partial charge < -0.3 is 10.3 Å². The fourth-order valence-corrected chi connectivity index (χ4v) is 3.40. The second-order valence-corrected chi connectivity index (χ2v) is 6.67. The number of benzene rings is 1. The summed E-state index contributed by atoms with van der Waals surface area (Å²) in [7, 11) is 0. The number of aromatic nitrogens is 6. The minimum atomic E-state index is -0.352. The first kappa shape index (κ1) is 17.2. The van der Waals surface area contributed by atoms with E-state index in [0.29, 0.717) is 22.7 Å². The van der Waals surface area contributed by atoms with Crippen LogP contribution in [0.5, 0.6) is 0 Å². The number of para-hydroxylation sites is 1. The van der Waals surface area contributed by atoms with Crippen molar-refractivity contribution in [1.29, 1.82) is 0 Å². The van der Waals surface area contributed by atoms with E-state index in [2.05, 4.69) is 35.2 Å². The molecule has 0 saturated carbocycles. The van der Waals surface area contributed by atoms with Crippen molar-refractivity contribution in [3.63, 3.8) is 0 Å². The van der Waals surface area contributed by atoms with Crippen LogP contribution in [0, 0.1) is 5.82 Å². The Bertz CT molecular complexity index is 1320. The van der Waals surface area contributed by atoms with E-state index in [0.717, 1.165) is 22.0 Å². The summed E-state index contributed by atoms with van der Waals surface area (Å²) in [4.78, 5) is 24.5. The Labute approximate surface area is 165 Å². The molecule has 0 aliphatic heterocycles. The van der Waals surface area contributed by atoms with Crippen molar-refractivity contribution >= 4 is 27.9 Å². The molecule has 0 fully saturated rings. The van der Waals surface area contributed by atoms with Crippen LogP contribution in [0.1, 0.15) is 18.5 Å². The lowest BCUT2D eigenvalue weighted by Crippen LogP contribution is -2.11. The Kier molecular flexibility index (Phi) is 4.09. The van der Waals surface area contributed by atoms with Crippen molar-refractivity contribution in [3.8, 4) is 11.3 Å². The smallest absolute Gasteiger partial charge is 0.182 e. The highest BCUT2D eigenvalue weighted by Crippen LogP contribution is 2.32. The van der Waals surface area contributed by atoms with Gasteiger partial charge in [-0.3, -0.25) is 4.98 Å². The SMILES string of the molecule is C[C@H](Nc1ncnc2nc[nH]c12)c1cc2cccc(F)c2nc1-c1cccnc1. The van der Waals surface area contributed by atoms with Gasteiger partial charge in [0.2, 0.25) is 0 Å². The van der Waals surface area contributed by atoms with Crippen LogP contribution in [0.15, 0.2) is 61.4 Å². The van der Waals surface area contributed by atoms with Gasteiger partial charge in [0.25, 0.3) is 0 Å². The number of halogens is 1. The van der Waals surface area contributed by atoms with Crippen LogP contribution in [0.2, 0.25) is 0 Å². The molecule has 7 nitrogen and oxygen atoms in total. The molecule has 4 heterocycles. The van der Waals surface area contributed by atoms with Gasteiger partial charge in [-0.05, 0) is 31.2 Å². The van der Waals surface area contributed by atoms with Gasteiger partial charge in [-0.1, -0.05) is 12.1 Å². The fraction of sp³-hybridized carbons (Fsp3) is 0.0952. The molecule has 0 amide bonds. The Morgan fingerprint density at radius 3 is 2.90 bits per heavy atom. The lowest BCUT2D eigenvalue weighted by Gasteiger charge is -2.19. The van der Waals surface area contributed by atoms with Crippen LogP contribution in [0.3, 0.4) is 0 Å². The number of hydrogen-bond donors (Lipinski definition) is 2. The molecule has 142 valence electrons. The maximum absolute atomic E-state index is 14.4. The molecule has 0 unspecified atom stereocenters. The summed E-state index contributed by atoms with van der Waals surface area (Å²) in [5.41, 5.74) is 4.03. The van der Waals surface area contributed by atoms with Crippen molar-refractivity contribution in [2.24, 2.45) is 0 Å². The first-order chi connectivity index (χ1) is 14.2. The van der Waals surface area contributed by atoms with E-state index in [-0.39, 0.29) is 11.9 Å². The molecule has 0 bridgehead atoms. The highest BCUT2D eigenvalue weighted by molar-refractivity contribution is 5.85. The molecule has 0 aliphatic rings. The van der Waals surface area contributed by atoms with Crippen LogP contribution in [0.4, 0.5) is 10.2 Å². The zero-order chi connectivity index (χ0) is 19.8. The number of pyridine rings is 2. The monoisotopic (exact) mass is 385 g/mol. The summed E-state index contributed by atoms with van der Waals surface area (Å²) in [6, 6.07) is 10.5. The highest BCUT2D eigenvalue weighted by Gasteiger charge is 2.18. The number of H-pyrrole nitrogens is 1. The molecule has 29 heavy (non-hydrogen) atoms. The number of nitrogens with zero attached hydrogens (tertiary/aromatic N) is 5. The zero-order valence-electron chi connectivity index (χ0n) is 15.5. The molecular weight excluding hydrogens is 369 g/mol. The number of nitrogens with one attached hydrogen (secondary N) is 2. The Morgan fingerprint density at radius 1 is 1.10 bits per heavy atom. The van der Waals surface area contributed by atoms with E-state index in [1.54, 1.807) is 24.8 Å². The number of anilines is 1. The molecule has 0 spiro atoms. The Hall–Kier alpha value is -3.94. The lowest BCUT2D eigenvalue weighted by molar-refractivity contribution is 0.636. The third kappa shape index (κ3) is 3.04. The topological polar surface area (TPSA) is 92.3 Å². The predicted octanol–water partition coefficient (Wildman–Crippen LogP) is 4.28. The van der Waals surface area contributed by atoms with Gasteiger partial charge in [0.1, 0.15) is 23.2 Å². The van der Waals surface area contributed by atoms with Gasteiger partial charge in [0, 0.05) is 28.9 Å². The first-order valence-corrected chi connectivity index (χ1v) is 9.11. The summed E-state index contributed by atoms with van der Waals surface area (Å²) < 4.78 is 14.4. The van der Waals surface area contributed by atoms with E-state index in [1.165, 1.54) is 12.4 Å². The number of fused-ring (bicyclic) bond motifs is 2. The summed E-state index contributed by atoms with van der Waals surface area (Å²) in [6.45, 7) is 2.01. The largest absolute Gasteiger partial charge is 0.362 e. The zero-order valence-corrected chi connectivity index (χ0v) is 15.5. The van der Waals surface area contributed by atoms with Gasteiger partial charge >= 0.3 is 0 Å². The normalized spacial score (nSPS) is 12.3. The Balaban J connectivity index is 1.65. The van der Waals surface area contributed by atoms with Crippen molar-refractivity contribution in [3.05, 3.63) is 72.8 Å². The molecule has 5 aromatic rings. The molecule has 5 rings (SSSR count). The van der Waals surface area contributed by atoms with E-state index in [4.69, 9.17) is 0 Å². The van der Waals surface area contributed by atoms with Crippen molar-refractivity contribution < 1.29 is 4.39 Å². The molecule has 0 radical (unpaired) electrons. The van der Waals surface area contributed by atoms with Gasteiger partial charge in [-0.15, -0.1) is 0 Å². The standard InChI is InChI=1S/C21H16FN7/c1-12(28-21-19-20(25-10-24-19)26-11-27-21)15-8-13-4-2-6-16(22)18(13)29-17(15)14-5-3-7-23-9-14/h2-12H,1H3,(H2,24,25,26,27,28)/t12-/m0/s1. The number of hydrogen-bond acceptors (Lipinski definition) is 6. The summed E-state index contributed by atoms with van der Waals surface area (Å²) in [6.07, 6.45) is 6.47. The second-order valence-electron chi connectivity index (χ2n) is 6.67. The molecule has 8 heteroatoms. The highest BCUT2D eigenvalue weighted by atomic mass is 19.1. The van der Waals surface area contributed by atoms with Gasteiger partial charge in [0.15, 0.2) is 11.5 Å². The molecule has 1 atom stereocenters. The number of imidazole rings is 1. The van der Waals surface area contributed by atoms with Crippen molar-refractivity contribution in [1.82, 2.24) is 29.9 Å². The average Bonchev–Trinajstić information content (AvgIpc) is 3.24. The third-order valence-corrected chi connectivity index (χ3v) is 4.80. The van der Waals surface area contributed by atoms with E-state index in [9.17, 15) is 4.39 Å². The fourth-order valence-electron chi connectivity index (χ4n) is 3.40. The maximum Gasteiger partial charge on any atom is 0.182 e. The van der Waals surface area contributed by atoms with Crippen LogP contribution in [0.25, 0.3) is 33.3 Å². The minimum absolute atomic E-state index is 0.174. The molecule has 2 N–H and O–H groups in total. The quantitative estimate of drug-likeness (QED) is 0.480. The second kappa shape index (κ2) is 6.90. The molecule has 0 saturated heterocycles. The van der Waals surface area contributed by atoms with E-state index in [1.807, 2.05) is 31.2 Å². The van der Waals surface area contributed by atoms with Crippen LogP contribution >= 0.6 is 0 Å². The van der Waals surface area contributed by atoms with Gasteiger partial charge in [-0.25, -0.2) is 24.3 Å². The van der Waals surface area contributed by atoms with Crippen LogP contribution in [-0.2, 0) is 0 Å². The molecule has 1 aromatic carbocycles. The van der Waals surface area contributed by atoms with Crippen molar-refractivity contribution in [2.75, 3.05) is 5.32 Å². The maximum atomic E-state index is 14.4. The summed E-state index contributed by atoms with van der Waals surface area (Å²) in [5, 5.41) is 4.13. The predicted molar refractivity (Wildman–Crippen MR) is 109 cm³/mol. The minimum Gasteiger partial charge on any atom is -0.362 e. The molecule has 4 aromatic heterocycles.